The Morgan fingerprint density at radius 1 is 1.00 bits per heavy atom. The maximum atomic E-state index is 12.3. The number of piperazine rings is 1. The van der Waals surface area contributed by atoms with Crippen LogP contribution in [0.2, 0.25) is 0 Å². The number of ether oxygens (including phenoxy) is 1. The highest BCUT2D eigenvalue weighted by atomic mass is 35.5. The summed E-state index contributed by atoms with van der Waals surface area (Å²) in [7, 11) is 0. The molecule has 25 heavy (non-hydrogen) atoms. The molecule has 0 aliphatic carbocycles. The second-order valence-electron chi connectivity index (χ2n) is 5.49. The number of para-hydroxylation sites is 3. The van der Waals surface area contributed by atoms with Gasteiger partial charge >= 0.3 is 0 Å². The first-order valence-corrected chi connectivity index (χ1v) is 7.86. The van der Waals surface area contributed by atoms with Crippen LogP contribution in [0.4, 0.5) is 5.69 Å². The van der Waals surface area contributed by atoms with Crippen LogP contribution in [-0.4, -0.2) is 43.5 Å². The van der Waals surface area contributed by atoms with Gasteiger partial charge in [-0.3, -0.25) is 9.69 Å². The van der Waals surface area contributed by atoms with Crippen LogP contribution in [0.15, 0.2) is 54.6 Å². The fourth-order valence-corrected chi connectivity index (χ4v) is 2.54. The first kappa shape index (κ1) is 21.3. The molecule has 0 radical (unpaired) electrons. The number of benzene rings is 2. The standard InChI is InChI=1S/C18H21N3O2.2ClH/c22-18(14-21-12-10-19-11-13-21)20-16-8-4-5-9-17(16)23-15-6-2-1-3-7-15;;/h1-9,19H,10-14H2,(H,20,22);2*1H. The third kappa shape index (κ3) is 6.55. The molecule has 1 aliphatic heterocycles. The number of hydrogen-bond donors (Lipinski definition) is 2. The Hall–Kier alpha value is -1.79. The Morgan fingerprint density at radius 3 is 2.36 bits per heavy atom. The highest BCUT2D eigenvalue weighted by Gasteiger charge is 2.15. The maximum Gasteiger partial charge on any atom is 0.238 e. The molecule has 0 atom stereocenters. The summed E-state index contributed by atoms with van der Waals surface area (Å²) in [4.78, 5) is 14.4. The average Bonchev–Trinajstić information content (AvgIpc) is 2.58. The van der Waals surface area contributed by atoms with Crippen LogP contribution in [0, 0.1) is 0 Å². The van der Waals surface area contributed by atoms with Crippen molar-refractivity contribution in [1.82, 2.24) is 10.2 Å². The lowest BCUT2D eigenvalue weighted by Gasteiger charge is -2.26. The van der Waals surface area contributed by atoms with E-state index in [2.05, 4.69) is 15.5 Å². The molecule has 0 unspecified atom stereocenters. The Morgan fingerprint density at radius 2 is 1.64 bits per heavy atom. The molecule has 1 amide bonds. The summed E-state index contributed by atoms with van der Waals surface area (Å²) >= 11 is 0. The van der Waals surface area contributed by atoms with Crippen LogP contribution in [0.1, 0.15) is 0 Å². The van der Waals surface area contributed by atoms with E-state index in [1.54, 1.807) is 0 Å². The van der Waals surface area contributed by atoms with Gasteiger partial charge in [0.15, 0.2) is 5.75 Å². The zero-order valence-corrected chi connectivity index (χ0v) is 15.4. The number of amides is 1. The van der Waals surface area contributed by atoms with Crippen LogP contribution >= 0.6 is 24.8 Å². The number of rotatable bonds is 5. The number of anilines is 1. The number of nitrogens with zero attached hydrogens (tertiary/aromatic N) is 1. The predicted molar refractivity (Wildman–Crippen MR) is 105 cm³/mol. The van der Waals surface area contributed by atoms with Gasteiger partial charge in [-0.15, -0.1) is 24.8 Å². The van der Waals surface area contributed by atoms with E-state index < -0.39 is 0 Å². The summed E-state index contributed by atoms with van der Waals surface area (Å²) in [5.41, 5.74) is 0.691. The normalized spacial score (nSPS) is 13.9. The van der Waals surface area contributed by atoms with E-state index in [1.165, 1.54) is 0 Å². The molecule has 0 bridgehead atoms. The smallest absolute Gasteiger partial charge is 0.238 e. The molecule has 1 saturated heterocycles. The molecule has 0 spiro atoms. The summed E-state index contributed by atoms with van der Waals surface area (Å²) in [6, 6.07) is 17.0. The van der Waals surface area contributed by atoms with Crippen molar-refractivity contribution in [1.29, 1.82) is 0 Å². The van der Waals surface area contributed by atoms with Gasteiger partial charge in [0.05, 0.1) is 12.2 Å². The van der Waals surface area contributed by atoms with Gasteiger partial charge in [0.2, 0.25) is 5.91 Å². The zero-order valence-electron chi connectivity index (χ0n) is 13.8. The van der Waals surface area contributed by atoms with E-state index in [1.807, 2.05) is 54.6 Å². The second kappa shape index (κ2) is 10.9. The van der Waals surface area contributed by atoms with Gasteiger partial charge in [0, 0.05) is 26.2 Å². The van der Waals surface area contributed by atoms with Crippen molar-refractivity contribution in [2.24, 2.45) is 0 Å². The Bertz CT molecular complexity index is 650. The van der Waals surface area contributed by atoms with E-state index in [-0.39, 0.29) is 30.7 Å². The van der Waals surface area contributed by atoms with Crippen LogP contribution in [0.3, 0.4) is 0 Å². The average molecular weight is 384 g/mol. The van der Waals surface area contributed by atoms with Gasteiger partial charge in [0.1, 0.15) is 5.75 Å². The number of carbonyl (C=O) groups is 1. The van der Waals surface area contributed by atoms with Crippen LogP contribution in [0.25, 0.3) is 0 Å². The van der Waals surface area contributed by atoms with Gasteiger partial charge in [-0.1, -0.05) is 30.3 Å². The lowest BCUT2D eigenvalue weighted by molar-refractivity contribution is -0.117. The fourth-order valence-electron chi connectivity index (χ4n) is 2.54. The van der Waals surface area contributed by atoms with E-state index in [4.69, 9.17) is 4.74 Å². The topological polar surface area (TPSA) is 53.6 Å². The molecule has 3 rings (SSSR count). The van der Waals surface area contributed by atoms with Crippen molar-refractivity contribution in [2.75, 3.05) is 38.0 Å². The molecular formula is C18H23Cl2N3O2. The third-order valence-corrected chi connectivity index (χ3v) is 3.71. The van der Waals surface area contributed by atoms with Gasteiger partial charge in [-0.2, -0.15) is 0 Å². The molecule has 2 N–H and O–H groups in total. The quantitative estimate of drug-likeness (QED) is 0.832. The monoisotopic (exact) mass is 383 g/mol. The van der Waals surface area contributed by atoms with Crippen molar-refractivity contribution in [3.8, 4) is 11.5 Å². The van der Waals surface area contributed by atoms with Crippen molar-refractivity contribution < 1.29 is 9.53 Å². The number of halogens is 2. The van der Waals surface area contributed by atoms with Gasteiger partial charge < -0.3 is 15.4 Å². The van der Waals surface area contributed by atoms with Crippen molar-refractivity contribution >= 4 is 36.4 Å². The third-order valence-electron chi connectivity index (χ3n) is 3.71. The molecule has 2 aromatic rings. The number of nitrogens with one attached hydrogen (secondary N) is 2. The predicted octanol–water partition coefficient (Wildman–Crippen LogP) is 3.17. The molecule has 0 saturated carbocycles. The minimum atomic E-state index is -0.0176. The molecular weight excluding hydrogens is 361 g/mol. The van der Waals surface area contributed by atoms with Crippen LogP contribution in [-0.2, 0) is 4.79 Å². The van der Waals surface area contributed by atoms with Gasteiger partial charge in [0.25, 0.3) is 0 Å². The van der Waals surface area contributed by atoms with Crippen LogP contribution < -0.4 is 15.4 Å². The molecule has 2 aromatic carbocycles. The molecule has 1 aliphatic rings. The van der Waals surface area contributed by atoms with E-state index >= 15 is 0 Å². The summed E-state index contributed by atoms with van der Waals surface area (Å²) in [5, 5.41) is 6.23. The summed E-state index contributed by atoms with van der Waals surface area (Å²) in [6.07, 6.45) is 0. The molecule has 1 heterocycles. The molecule has 0 aromatic heterocycles. The second-order valence-corrected chi connectivity index (χ2v) is 5.49. The summed E-state index contributed by atoms with van der Waals surface area (Å²) in [6.45, 7) is 4.06. The Labute approximate surface area is 160 Å². The minimum absolute atomic E-state index is 0. The van der Waals surface area contributed by atoms with Gasteiger partial charge in [-0.05, 0) is 24.3 Å². The minimum Gasteiger partial charge on any atom is -0.455 e. The summed E-state index contributed by atoms with van der Waals surface area (Å²) in [5.74, 6) is 1.37. The lowest BCUT2D eigenvalue weighted by atomic mass is 10.2. The van der Waals surface area contributed by atoms with Crippen molar-refractivity contribution in [3.05, 3.63) is 54.6 Å². The highest BCUT2D eigenvalue weighted by molar-refractivity contribution is 5.93. The zero-order chi connectivity index (χ0) is 15.9. The van der Waals surface area contributed by atoms with Crippen LogP contribution in [0.5, 0.6) is 11.5 Å². The van der Waals surface area contributed by atoms with Crippen molar-refractivity contribution in [3.63, 3.8) is 0 Å². The largest absolute Gasteiger partial charge is 0.455 e. The maximum absolute atomic E-state index is 12.3. The number of hydrogen-bond acceptors (Lipinski definition) is 4. The first-order valence-electron chi connectivity index (χ1n) is 7.86. The SMILES string of the molecule is Cl.Cl.O=C(CN1CCNCC1)Nc1ccccc1Oc1ccccc1. The highest BCUT2D eigenvalue weighted by Crippen LogP contribution is 2.28. The Kier molecular flexibility index (Phi) is 9.31. The fraction of sp³-hybridized carbons (Fsp3) is 0.278. The molecule has 136 valence electrons. The van der Waals surface area contributed by atoms with E-state index in [9.17, 15) is 4.79 Å². The first-order chi connectivity index (χ1) is 11.3. The van der Waals surface area contributed by atoms with E-state index in [0.29, 0.717) is 18.0 Å². The van der Waals surface area contributed by atoms with E-state index in [0.717, 1.165) is 31.9 Å². The molecule has 7 heteroatoms. The summed E-state index contributed by atoms with van der Waals surface area (Å²) < 4.78 is 5.86. The van der Waals surface area contributed by atoms with Gasteiger partial charge in [-0.25, -0.2) is 0 Å². The number of carbonyl (C=O) groups excluding carboxylic acids is 1. The Balaban J connectivity index is 0.00000156. The molecule has 1 fully saturated rings. The van der Waals surface area contributed by atoms with Crippen molar-refractivity contribution in [2.45, 2.75) is 0 Å². The lowest BCUT2D eigenvalue weighted by Crippen LogP contribution is -2.46. The molecule has 5 nitrogen and oxygen atoms in total.